The smallest absolute Gasteiger partial charge is 0.194 e. The zero-order chi connectivity index (χ0) is 35.5. The van der Waals surface area contributed by atoms with Crippen LogP contribution in [-0.4, -0.2) is 17.3 Å². The second-order valence-electron chi connectivity index (χ2n) is 12.9. The van der Waals surface area contributed by atoms with Crippen molar-refractivity contribution in [2.24, 2.45) is 0 Å². The number of aryl methyl sites for hydroxylation is 3. The highest BCUT2D eigenvalue weighted by atomic mass is 16.1. The Hall–Kier alpha value is -6.45. The molecule has 0 aliphatic rings. The Morgan fingerprint density at radius 2 is 0.549 bits per heavy atom. The molecule has 7 rings (SSSR count). The molecule has 3 heteroatoms. The van der Waals surface area contributed by atoms with Crippen LogP contribution in [0, 0.1) is 20.8 Å². The van der Waals surface area contributed by atoms with E-state index < -0.39 is 5.78 Å². The van der Waals surface area contributed by atoms with E-state index in [-0.39, 0.29) is 28.3 Å². The van der Waals surface area contributed by atoms with E-state index in [1.165, 1.54) is 0 Å². The Balaban J connectivity index is 1.76. The van der Waals surface area contributed by atoms with E-state index in [4.69, 9.17) is 0 Å². The van der Waals surface area contributed by atoms with Gasteiger partial charge in [-0.05, 0) is 43.0 Å². The minimum Gasteiger partial charge on any atom is -0.289 e. The zero-order valence-electron chi connectivity index (χ0n) is 28.8. The molecular formula is C48H36O3. The van der Waals surface area contributed by atoms with Gasteiger partial charge < -0.3 is 0 Å². The van der Waals surface area contributed by atoms with Crippen LogP contribution >= 0.6 is 0 Å². The van der Waals surface area contributed by atoms with E-state index in [0.29, 0.717) is 33.4 Å². The summed E-state index contributed by atoms with van der Waals surface area (Å²) in [7, 11) is 0. The van der Waals surface area contributed by atoms with E-state index in [1.807, 2.05) is 148 Å². The molecule has 3 nitrogen and oxygen atoms in total. The molecule has 0 fully saturated rings. The van der Waals surface area contributed by atoms with Gasteiger partial charge in [-0.1, -0.05) is 180 Å². The summed E-state index contributed by atoms with van der Waals surface area (Å²) in [5.74, 6) is -1.06. The first-order valence-electron chi connectivity index (χ1n) is 17.1. The van der Waals surface area contributed by atoms with Crippen molar-refractivity contribution in [1.82, 2.24) is 0 Å². The Morgan fingerprint density at radius 1 is 0.294 bits per heavy atom. The van der Waals surface area contributed by atoms with Crippen LogP contribution in [0.25, 0.3) is 33.4 Å². The van der Waals surface area contributed by atoms with Gasteiger partial charge >= 0.3 is 0 Å². The van der Waals surface area contributed by atoms with Crippen molar-refractivity contribution in [2.45, 2.75) is 20.8 Å². The van der Waals surface area contributed by atoms with E-state index in [9.17, 15) is 0 Å². The van der Waals surface area contributed by atoms with Crippen LogP contribution in [0.3, 0.4) is 0 Å². The third-order valence-electron chi connectivity index (χ3n) is 9.31. The number of carbonyl (C=O) groups is 3. The van der Waals surface area contributed by atoms with Crippen molar-refractivity contribution in [3.8, 4) is 33.4 Å². The maximum atomic E-state index is 15.3. The molecule has 246 valence electrons. The summed E-state index contributed by atoms with van der Waals surface area (Å²) in [5, 5.41) is 0. The van der Waals surface area contributed by atoms with Gasteiger partial charge in [0, 0.05) is 44.5 Å². The minimum absolute atomic E-state index is 0.0902. The van der Waals surface area contributed by atoms with Crippen LogP contribution in [0.1, 0.15) is 64.5 Å². The summed E-state index contributed by atoms with van der Waals surface area (Å²) >= 11 is 0. The normalized spacial score (nSPS) is 10.9. The summed E-state index contributed by atoms with van der Waals surface area (Å²) in [4.78, 5) is 45.9. The molecule has 0 spiro atoms. The Morgan fingerprint density at radius 3 is 0.843 bits per heavy atom. The first kappa shape index (κ1) is 33.1. The van der Waals surface area contributed by atoms with Gasteiger partial charge in [-0.2, -0.15) is 0 Å². The number of rotatable bonds is 9. The highest BCUT2D eigenvalue weighted by molar-refractivity contribution is 6.31. The van der Waals surface area contributed by atoms with Crippen molar-refractivity contribution in [2.75, 3.05) is 0 Å². The Kier molecular flexibility index (Phi) is 9.20. The van der Waals surface area contributed by atoms with Crippen LogP contribution < -0.4 is 0 Å². The number of benzene rings is 7. The highest BCUT2D eigenvalue weighted by Gasteiger charge is 2.36. The molecule has 0 aliphatic heterocycles. The molecule has 0 bridgehead atoms. The van der Waals surface area contributed by atoms with Crippen LogP contribution in [0.2, 0.25) is 0 Å². The van der Waals surface area contributed by atoms with Gasteiger partial charge in [0.2, 0.25) is 0 Å². The molecule has 0 radical (unpaired) electrons. The Labute approximate surface area is 298 Å². The van der Waals surface area contributed by atoms with Crippen molar-refractivity contribution >= 4 is 17.3 Å². The number of hydrogen-bond donors (Lipinski definition) is 0. The quantitative estimate of drug-likeness (QED) is 0.145. The van der Waals surface area contributed by atoms with Crippen molar-refractivity contribution in [3.63, 3.8) is 0 Å². The SMILES string of the molecule is Cc1ccc(C(=O)c2c(C(=O)c3ccc(C)cc3)c(-c3ccccc3)c(-c3ccccc3)c(-c3ccccc3)c2C(=O)c2ccc(C)cc2)cc1. The molecule has 7 aromatic carbocycles. The van der Waals surface area contributed by atoms with Crippen LogP contribution in [0.4, 0.5) is 0 Å². The molecule has 0 unspecified atom stereocenters. The lowest BCUT2D eigenvalue weighted by molar-refractivity contribution is 0.0991. The molecule has 0 saturated carbocycles. The number of ketones is 3. The number of hydrogen-bond acceptors (Lipinski definition) is 3. The first-order valence-corrected chi connectivity index (χ1v) is 17.1. The van der Waals surface area contributed by atoms with Crippen LogP contribution in [0.5, 0.6) is 0 Å². The predicted octanol–water partition coefficient (Wildman–Crippen LogP) is 11.3. The molecule has 0 amide bonds. The maximum Gasteiger partial charge on any atom is 0.194 e. The fraction of sp³-hybridized carbons (Fsp3) is 0.0625. The van der Waals surface area contributed by atoms with Crippen molar-refractivity contribution < 1.29 is 14.4 Å². The van der Waals surface area contributed by atoms with Gasteiger partial charge in [0.1, 0.15) is 0 Å². The molecule has 0 aliphatic carbocycles. The summed E-state index contributed by atoms with van der Waals surface area (Å²) in [6.07, 6.45) is 0. The monoisotopic (exact) mass is 660 g/mol. The van der Waals surface area contributed by atoms with Gasteiger partial charge in [-0.15, -0.1) is 0 Å². The predicted molar refractivity (Wildman–Crippen MR) is 207 cm³/mol. The molecule has 0 heterocycles. The summed E-state index contributed by atoms with van der Waals surface area (Å²) < 4.78 is 0. The molecule has 0 aromatic heterocycles. The van der Waals surface area contributed by atoms with Crippen LogP contribution in [0.15, 0.2) is 164 Å². The largest absolute Gasteiger partial charge is 0.289 e. The summed E-state index contributed by atoms with van der Waals surface area (Å²) in [6, 6.07) is 51.3. The second-order valence-corrected chi connectivity index (χ2v) is 12.9. The maximum absolute atomic E-state index is 15.3. The zero-order valence-corrected chi connectivity index (χ0v) is 28.8. The average molecular weight is 661 g/mol. The average Bonchev–Trinajstić information content (AvgIpc) is 3.18. The summed E-state index contributed by atoms with van der Waals surface area (Å²) in [6.45, 7) is 5.90. The standard InChI is InChI=1S/C48H36O3/c1-31-19-25-37(26-20-31)46(49)43-41(35-15-9-5-10-16-35)40(34-13-7-4-8-14-34)42(36-17-11-6-12-18-36)44(47(50)38-27-21-32(2)22-28-38)45(43)48(51)39-29-23-33(3)24-30-39/h4-30H,1-3H3. The van der Waals surface area contributed by atoms with E-state index in [1.54, 1.807) is 36.4 Å². The third-order valence-corrected chi connectivity index (χ3v) is 9.31. The van der Waals surface area contributed by atoms with Crippen molar-refractivity contribution in [3.05, 3.63) is 214 Å². The van der Waals surface area contributed by atoms with E-state index in [2.05, 4.69) is 0 Å². The topological polar surface area (TPSA) is 51.2 Å². The van der Waals surface area contributed by atoms with Gasteiger partial charge in [0.15, 0.2) is 17.3 Å². The lowest BCUT2D eigenvalue weighted by Crippen LogP contribution is -2.21. The highest BCUT2D eigenvalue weighted by Crippen LogP contribution is 2.48. The van der Waals surface area contributed by atoms with Gasteiger partial charge in [0.25, 0.3) is 0 Å². The molecule has 0 atom stereocenters. The molecule has 0 N–H and O–H groups in total. The molecule has 0 saturated heterocycles. The van der Waals surface area contributed by atoms with Gasteiger partial charge in [-0.25, -0.2) is 0 Å². The van der Waals surface area contributed by atoms with E-state index in [0.717, 1.165) is 33.4 Å². The minimum atomic E-state index is -0.394. The Bertz CT molecular complexity index is 2250. The first-order chi connectivity index (χ1) is 24.8. The molecule has 7 aromatic rings. The molecular weight excluding hydrogens is 625 g/mol. The fourth-order valence-corrected chi connectivity index (χ4v) is 6.66. The second kappa shape index (κ2) is 14.2. The van der Waals surface area contributed by atoms with E-state index >= 15 is 14.4 Å². The lowest BCUT2D eigenvalue weighted by Gasteiger charge is -2.26. The molecule has 51 heavy (non-hydrogen) atoms. The van der Waals surface area contributed by atoms with Crippen LogP contribution in [-0.2, 0) is 0 Å². The third kappa shape index (κ3) is 6.50. The lowest BCUT2D eigenvalue weighted by atomic mass is 9.74. The van der Waals surface area contributed by atoms with Gasteiger partial charge in [0.05, 0.1) is 0 Å². The fourth-order valence-electron chi connectivity index (χ4n) is 6.66. The summed E-state index contributed by atoms with van der Waals surface area (Å²) in [5.41, 5.74) is 8.98. The number of carbonyl (C=O) groups excluding carboxylic acids is 3. The van der Waals surface area contributed by atoms with Crippen molar-refractivity contribution in [1.29, 1.82) is 0 Å². The van der Waals surface area contributed by atoms with Gasteiger partial charge in [-0.3, -0.25) is 14.4 Å².